The Hall–Kier alpha value is -1.69. The number of nitrogens with one attached hydrogen (secondary N) is 2. The number of hydrazine groups is 1. The highest BCUT2D eigenvalue weighted by Crippen LogP contribution is 1.94. The maximum absolute atomic E-state index is 10.8. The molecule has 0 spiro atoms. The first-order valence-corrected chi connectivity index (χ1v) is 3.72. The first-order valence-electron chi connectivity index (χ1n) is 3.72. The van der Waals surface area contributed by atoms with E-state index in [4.69, 9.17) is 5.11 Å². The quantitative estimate of drug-likeness (QED) is 0.538. The van der Waals surface area contributed by atoms with Gasteiger partial charge in [-0.25, -0.2) is 0 Å². The maximum Gasteiger partial charge on any atom is 0.266 e. The van der Waals surface area contributed by atoms with Crippen molar-refractivity contribution in [2.45, 2.75) is 13.0 Å². The van der Waals surface area contributed by atoms with Crippen LogP contribution in [0, 0.1) is 0 Å². The summed E-state index contributed by atoms with van der Waals surface area (Å²) in [6, 6.07) is 3.30. The van der Waals surface area contributed by atoms with Gasteiger partial charge in [0, 0.05) is 6.20 Å². The molecule has 0 fully saturated rings. The number of carbonyl (C=O) groups excluding carboxylic acids is 1. The van der Waals surface area contributed by atoms with Gasteiger partial charge in [-0.15, -0.1) is 5.10 Å². The van der Waals surface area contributed by atoms with Crippen molar-refractivity contribution >= 4 is 11.7 Å². The molecule has 13 heavy (non-hydrogen) atoms. The number of aliphatic hydroxyl groups excluding tert-OH is 1. The largest absolute Gasteiger partial charge is 0.383 e. The van der Waals surface area contributed by atoms with Crippen molar-refractivity contribution in [1.82, 2.24) is 15.6 Å². The third-order valence-corrected chi connectivity index (χ3v) is 1.27. The van der Waals surface area contributed by atoms with Crippen LogP contribution in [0.1, 0.15) is 6.92 Å². The van der Waals surface area contributed by atoms with E-state index in [1.807, 2.05) is 0 Å². The summed E-state index contributed by atoms with van der Waals surface area (Å²) in [5, 5.41) is 16.0. The van der Waals surface area contributed by atoms with E-state index in [9.17, 15) is 4.79 Å². The molecule has 0 saturated carbocycles. The fraction of sp³-hybridized carbons (Fsp3) is 0.286. The van der Waals surface area contributed by atoms with Gasteiger partial charge in [0.05, 0.1) is 0 Å². The molecule has 6 heteroatoms. The van der Waals surface area contributed by atoms with Crippen molar-refractivity contribution in [3.05, 3.63) is 18.3 Å². The zero-order valence-corrected chi connectivity index (χ0v) is 7.06. The molecule has 1 atom stereocenters. The van der Waals surface area contributed by atoms with E-state index in [0.29, 0.717) is 5.82 Å². The van der Waals surface area contributed by atoms with Gasteiger partial charge >= 0.3 is 0 Å². The van der Waals surface area contributed by atoms with Crippen LogP contribution in [0.25, 0.3) is 0 Å². The van der Waals surface area contributed by atoms with Crippen LogP contribution < -0.4 is 10.9 Å². The molecular weight excluding hydrogens is 172 g/mol. The van der Waals surface area contributed by atoms with Gasteiger partial charge in [-0.2, -0.15) is 5.10 Å². The van der Waals surface area contributed by atoms with Crippen molar-refractivity contribution in [1.29, 1.82) is 0 Å². The van der Waals surface area contributed by atoms with Gasteiger partial charge in [-0.3, -0.25) is 15.6 Å². The summed E-state index contributed by atoms with van der Waals surface area (Å²) in [4.78, 5) is 10.8. The molecule has 0 aliphatic heterocycles. The first-order chi connectivity index (χ1) is 6.20. The van der Waals surface area contributed by atoms with E-state index < -0.39 is 12.0 Å². The standard InChI is InChI=1S/C7H10N4O2/c1-5(12)7(13)11-10-6-3-2-4-8-9-6/h2-5,12H,1H3,(H,9,10)(H,11,13)/t5-/m1/s1. The second-order valence-corrected chi connectivity index (χ2v) is 2.40. The van der Waals surface area contributed by atoms with Gasteiger partial charge in [0.1, 0.15) is 6.10 Å². The third-order valence-electron chi connectivity index (χ3n) is 1.27. The topological polar surface area (TPSA) is 87.1 Å². The number of hydrogen-bond donors (Lipinski definition) is 3. The van der Waals surface area contributed by atoms with E-state index in [1.54, 1.807) is 12.1 Å². The van der Waals surface area contributed by atoms with Gasteiger partial charge in [0.2, 0.25) is 0 Å². The van der Waals surface area contributed by atoms with Gasteiger partial charge in [0.25, 0.3) is 5.91 Å². The summed E-state index contributed by atoms with van der Waals surface area (Å²) in [7, 11) is 0. The lowest BCUT2D eigenvalue weighted by Gasteiger charge is -2.07. The Morgan fingerprint density at radius 3 is 3.00 bits per heavy atom. The minimum Gasteiger partial charge on any atom is -0.383 e. The predicted molar refractivity (Wildman–Crippen MR) is 45.5 cm³/mol. The zero-order chi connectivity index (χ0) is 9.68. The lowest BCUT2D eigenvalue weighted by molar-refractivity contribution is -0.127. The molecule has 0 aromatic carbocycles. The van der Waals surface area contributed by atoms with E-state index >= 15 is 0 Å². The Balaban J connectivity index is 2.40. The molecule has 1 rings (SSSR count). The number of anilines is 1. The summed E-state index contributed by atoms with van der Waals surface area (Å²) in [6.07, 6.45) is 0.464. The Morgan fingerprint density at radius 2 is 2.46 bits per heavy atom. The molecule has 0 bridgehead atoms. The van der Waals surface area contributed by atoms with Crippen molar-refractivity contribution in [3.8, 4) is 0 Å². The molecule has 70 valence electrons. The van der Waals surface area contributed by atoms with Crippen LogP contribution in [0.2, 0.25) is 0 Å². The molecule has 0 aliphatic rings. The number of hydrogen-bond acceptors (Lipinski definition) is 5. The molecule has 3 N–H and O–H groups in total. The van der Waals surface area contributed by atoms with Gasteiger partial charge < -0.3 is 5.11 Å². The van der Waals surface area contributed by atoms with E-state index in [2.05, 4.69) is 21.0 Å². The molecule has 1 heterocycles. The Morgan fingerprint density at radius 1 is 1.69 bits per heavy atom. The number of nitrogens with zero attached hydrogens (tertiary/aromatic N) is 2. The number of carbonyl (C=O) groups is 1. The maximum atomic E-state index is 10.8. The summed E-state index contributed by atoms with van der Waals surface area (Å²) >= 11 is 0. The minimum absolute atomic E-state index is 0.413. The van der Waals surface area contributed by atoms with Crippen LogP contribution in [0.3, 0.4) is 0 Å². The zero-order valence-electron chi connectivity index (χ0n) is 7.06. The average molecular weight is 182 g/mol. The highest BCUT2D eigenvalue weighted by molar-refractivity contribution is 5.80. The van der Waals surface area contributed by atoms with Crippen LogP contribution in [-0.4, -0.2) is 27.3 Å². The lowest BCUT2D eigenvalue weighted by atomic mass is 10.4. The van der Waals surface area contributed by atoms with E-state index in [1.165, 1.54) is 13.1 Å². The molecule has 0 aliphatic carbocycles. The number of aromatic nitrogens is 2. The van der Waals surface area contributed by atoms with Crippen molar-refractivity contribution in [2.24, 2.45) is 0 Å². The number of aliphatic hydroxyl groups is 1. The summed E-state index contributed by atoms with van der Waals surface area (Å²) < 4.78 is 0. The lowest BCUT2D eigenvalue weighted by Crippen LogP contribution is -2.36. The van der Waals surface area contributed by atoms with Crippen LogP contribution in [0.15, 0.2) is 18.3 Å². The van der Waals surface area contributed by atoms with Crippen molar-refractivity contribution in [3.63, 3.8) is 0 Å². The third kappa shape index (κ3) is 3.04. The van der Waals surface area contributed by atoms with Crippen LogP contribution >= 0.6 is 0 Å². The molecule has 1 aromatic rings. The average Bonchev–Trinajstić information content (AvgIpc) is 2.15. The molecule has 0 saturated heterocycles. The fourth-order valence-corrected chi connectivity index (χ4v) is 0.598. The number of amides is 1. The Kier molecular flexibility index (Phi) is 3.15. The second kappa shape index (κ2) is 4.36. The SMILES string of the molecule is C[C@@H](O)C(=O)NNc1cccnn1. The molecule has 0 unspecified atom stereocenters. The smallest absolute Gasteiger partial charge is 0.266 e. The predicted octanol–water partition coefficient (Wildman–Crippen LogP) is -0.700. The van der Waals surface area contributed by atoms with Gasteiger partial charge in [-0.05, 0) is 19.1 Å². The van der Waals surface area contributed by atoms with Gasteiger partial charge in [-0.1, -0.05) is 0 Å². The van der Waals surface area contributed by atoms with Crippen LogP contribution in [0.5, 0.6) is 0 Å². The van der Waals surface area contributed by atoms with E-state index in [-0.39, 0.29) is 0 Å². The highest BCUT2D eigenvalue weighted by atomic mass is 16.3. The Bertz CT molecular complexity index is 275. The first kappa shape index (κ1) is 9.40. The summed E-state index contributed by atoms with van der Waals surface area (Å²) in [5.74, 6) is -0.109. The normalized spacial score (nSPS) is 11.8. The van der Waals surface area contributed by atoms with E-state index in [0.717, 1.165) is 0 Å². The molecule has 0 radical (unpaired) electrons. The number of rotatable bonds is 3. The second-order valence-electron chi connectivity index (χ2n) is 2.40. The summed E-state index contributed by atoms with van der Waals surface area (Å²) in [6.45, 7) is 1.37. The van der Waals surface area contributed by atoms with Crippen molar-refractivity contribution in [2.75, 3.05) is 5.43 Å². The van der Waals surface area contributed by atoms with Gasteiger partial charge in [0.15, 0.2) is 5.82 Å². The van der Waals surface area contributed by atoms with Crippen LogP contribution in [-0.2, 0) is 4.79 Å². The van der Waals surface area contributed by atoms with Crippen LogP contribution in [0.4, 0.5) is 5.82 Å². The highest BCUT2D eigenvalue weighted by Gasteiger charge is 2.06. The Labute approximate surface area is 75.0 Å². The monoisotopic (exact) mass is 182 g/mol. The molecule has 1 amide bonds. The fourth-order valence-electron chi connectivity index (χ4n) is 0.598. The molecule has 1 aromatic heterocycles. The van der Waals surface area contributed by atoms with Crippen molar-refractivity contribution < 1.29 is 9.90 Å². The molecular formula is C7H10N4O2. The molecule has 6 nitrogen and oxygen atoms in total. The summed E-state index contributed by atoms with van der Waals surface area (Å²) in [5.41, 5.74) is 4.75. The minimum atomic E-state index is -1.05.